The van der Waals surface area contributed by atoms with Gasteiger partial charge in [-0.1, -0.05) is 24.3 Å². The summed E-state index contributed by atoms with van der Waals surface area (Å²) in [5, 5.41) is 0. The van der Waals surface area contributed by atoms with E-state index in [4.69, 9.17) is 5.73 Å². The zero-order valence-electron chi connectivity index (χ0n) is 12.1. The van der Waals surface area contributed by atoms with Crippen LogP contribution in [0, 0.1) is 5.92 Å². The Kier molecular flexibility index (Phi) is 3.92. The Morgan fingerprint density at radius 3 is 2.19 bits per heavy atom. The van der Waals surface area contributed by atoms with Crippen molar-refractivity contribution >= 4 is 11.8 Å². The number of amides is 2. The molecule has 21 heavy (non-hydrogen) atoms. The summed E-state index contributed by atoms with van der Waals surface area (Å²) in [6.07, 6.45) is 1.64. The van der Waals surface area contributed by atoms with E-state index < -0.39 is 0 Å². The van der Waals surface area contributed by atoms with Gasteiger partial charge in [0.25, 0.3) is 0 Å². The predicted octanol–water partition coefficient (Wildman–Crippen LogP) is 0.726. The van der Waals surface area contributed by atoms with Crippen LogP contribution in [0.15, 0.2) is 24.3 Å². The molecule has 0 saturated carbocycles. The molecular weight excluding hydrogens is 266 g/mol. The molecule has 2 aliphatic heterocycles. The maximum atomic E-state index is 12.6. The number of hydrogen-bond acceptors (Lipinski definition) is 3. The first-order chi connectivity index (χ1) is 10.1. The second-order valence-corrected chi connectivity index (χ2v) is 5.98. The van der Waals surface area contributed by atoms with Gasteiger partial charge in [-0.2, -0.15) is 0 Å². The molecule has 2 aliphatic rings. The molecule has 2 N–H and O–H groups in total. The minimum Gasteiger partial charge on any atom is -0.369 e. The predicted molar refractivity (Wildman–Crippen MR) is 79.1 cm³/mol. The fraction of sp³-hybridized carbons (Fsp3) is 0.500. The number of nitrogens with zero attached hydrogens (tertiary/aromatic N) is 2. The van der Waals surface area contributed by atoms with Crippen molar-refractivity contribution in [2.45, 2.75) is 25.9 Å². The summed E-state index contributed by atoms with van der Waals surface area (Å²) in [5.41, 5.74) is 7.73. The number of hydrogen-bond donors (Lipinski definition) is 1. The molecular formula is C16H21N3O2. The molecule has 0 aliphatic carbocycles. The van der Waals surface area contributed by atoms with Crippen LogP contribution >= 0.6 is 0 Å². The maximum Gasteiger partial charge on any atom is 0.231 e. The minimum atomic E-state index is -0.297. The second-order valence-electron chi connectivity index (χ2n) is 5.98. The highest BCUT2D eigenvalue weighted by Crippen LogP contribution is 2.27. The van der Waals surface area contributed by atoms with E-state index in [1.807, 2.05) is 21.9 Å². The van der Waals surface area contributed by atoms with Crippen molar-refractivity contribution in [3.63, 3.8) is 0 Å². The van der Waals surface area contributed by atoms with Crippen molar-refractivity contribution in [2.24, 2.45) is 11.7 Å². The number of benzene rings is 1. The lowest BCUT2D eigenvalue weighted by atomic mass is 9.95. The third-order valence-corrected chi connectivity index (χ3v) is 4.47. The highest BCUT2D eigenvalue weighted by molar-refractivity contribution is 5.80. The Morgan fingerprint density at radius 1 is 1.10 bits per heavy atom. The molecule has 0 atom stereocenters. The molecule has 0 spiro atoms. The van der Waals surface area contributed by atoms with E-state index in [0.717, 1.165) is 39.0 Å². The summed E-state index contributed by atoms with van der Waals surface area (Å²) in [6.45, 7) is 3.32. The smallest absolute Gasteiger partial charge is 0.231 e. The molecule has 1 aromatic rings. The summed E-state index contributed by atoms with van der Waals surface area (Å²) in [6, 6.07) is 8.24. The Bertz CT molecular complexity index is 525. The molecule has 0 unspecified atom stereocenters. The largest absolute Gasteiger partial charge is 0.369 e. The van der Waals surface area contributed by atoms with Crippen molar-refractivity contribution in [3.8, 4) is 0 Å². The van der Waals surface area contributed by atoms with Gasteiger partial charge in [0.1, 0.15) is 0 Å². The number of primary amides is 1. The molecule has 5 nitrogen and oxygen atoms in total. The third kappa shape index (κ3) is 3.08. The molecule has 112 valence electrons. The van der Waals surface area contributed by atoms with Gasteiger partial charge in [-0.3, -0.25) is 14.5 Å². The van der Waals surface area contributed by atoms with Crippen LogP contribution in [0.25, 0.3) is 0 Å². The molecule has 2 heterocycles. The summed E-state index contributed by atoms with van der Waals surface area (Å²) in [5.74, 6) is 0.0446. The molecule has 3 rings (SSSR count). The van der Waals surface area contributed by atoms with Crippen molar-refractivity contribution in [1.82, 2.24) is 9.80 Å². The number of fused-ring (bicyclic) bond motifs is 1. The number of carbonyl (C=O) groups is 2. The van der Waals surface area contributed by atoms with Gasteiger partial charge in [0.05, 0.1) is 6.54 Å². The van der Waals surface area contributed by atoms with Crippen molar-refractivity contribution < 1.29 is 9.59 Å². The van der Waals surface area contributed by atoms with Gasteiger partial charge in [0.2, 0.25) is 11.8 Å². The quantitative estimate of drug-likeness (QED) is 0.891. The first-order valence-corrected chi connectivity index (χ1v) is 7.49. The van der Waals surface area contributed by atoms with E-state index >= 15 is 0 Å². The van der Waals surface area contributed by atoms with E-state index in [2.05, 4.69) is 12.1 Å². The van der Waals surface area contributed by atoms with Gasteiger partial charge >= 0.3 is 0 Å². The average Bonchev–Trinajstić information content (AvgIpc) is 2.90. The van der Waals surface area contributed by atoms with Gasteiger partial charge in [0.15, 0.2) is 0 Å². The lowest BCUT2D eigenvalue weighted by molar-refractivity contribution is -0.137. The van der Waals surface area contributed by atoms with Crippen LogP contribution in [0.1, 0.15) is 24.0 Å². The van der Waals surface area contributed by atoms with Gasteiger partial charge in [-0.25, -0.2) is 0 Å². The van der Waals surface area contributed by atoms with E-state index in [1.54, 1.807) is 0 Å². The Hall–Kier alpha value is -1.88. The van der Waals surface area contributed by atoms with E-state index in [9.17, 15) is 9.59 Å². The standard InChI is InChI=1S/C16H21N3O2/c17-15(20)11-18-7-5-12(6-8-18)16(21)19-9-13-3-1-2-4-14(13)10-19/h1-4,12H,5-11H2,(H2,17,20). The molecule has 1 aromatic carbocycles. The topological polar surface area (TPSA) is 66.6 Å². The summed E-state index contributed by atoms with van der Waals surface area (Å²) in [4.78, 5) is 27.5. The number of likely N-dealkylation sites (tertiary alicyclic amines) is 1. The van der Waals surface area contributed by atoms with Gasteiger partial charge in [0, 0.05) is 19.0 Å². The number of rotatable bonds is 3. The third-order valence-electron chi connectivity index (χ3n) is 4.47. The van der Waals surface area contributed by atoms with Crippen molar-refractivity contribution in [3.05, 3.63) is 35.4 Å². The van der Waals surface area contributed by atoms with Crippen LogP contribution in [-0.4, -0.2) is 41.2 Å². The monoisotopic (exact) mass is 287 g/mol. The van der Waals surface area contributed by atoms with Crippen molar-refractivity contribution in [1.29, 1.82) is 0 Å². The number of nitrogens with two attached hydrogens (primary N) is 1. The van der Waals surface area contributed by atoms with Crippen LogP contribution in [0.3, 0.4) is 0 Å². The zero-order valence-corrected chi connectivity index (χ0v) is 12.1. The SMILES string of the molecule is NC(=O)CN1CCC(C(=O)N2Cc3ccccc3C2)CC1. The van der Waals surface area contributed by atoms with Crippen molar-refractivity contribution in [2.75, 3.05) is 19.6 Å². The first kappa shape index (κ1) is 14.1. The highest BCUT2D eigenvalue weighted by atomic mass is 16.2. The molecule has 0 bridgehead atoms. The molecule has 1 saturated heterocycles. The fourth-order valence-electron chi connectivity index (χ4n) is 3.31. The summed E-state index contributed by atoms with van der Waals surface area (Å²) in [7, 11) is 0. The normalized spacial score (nSPS) is 19.5. The lowest BCUT2D eigenvalue weighted by Gasteiger charge is -2.32. The minimum absolute atomic E-state index is 0.0865. The van der Waals surface area contributed by atoms with Crippen LogP contribution in [0.5, 0.6) is 0 Å². The lowest BCUT2D eigenvalue weighted by Crippen LogP contribution is -2.43. The summed E-state index contributed by atoms with van der Waals surface area (Å²) >= 11 is 0. The van der Waals surface area contributed by atoms with Gasteiger partial charge in [-0.05, 0) is 37.1 Å². The Balaban J connectivity index is 1.55. The molecule has 5 heteroatoms. The second kappa shape index (κ2) is 5.85. The summed E-state index contributed by atoms with van der Waals surface area (Å²) < 4.78 is 0. The van der Waals surface area contributed by atoms with Gasteiger partial charge in [-0.15, -0.1) is 0 Å². The first-order valence-electron chi connectivity index (χ1n) is 7.49. The van der Waals surface area contributed by atoms with Crippen LogP contribution < -0.4 is 5.73 Å². The maximum absolute atomic E-state index is 12.6. The fourth-order valence-corrected chi connectivity index (χ4v) is 3.31. The van der Waals surface area contributed by atoms with E-state index in [-0.39, 0.29) is 17.7 Å². The molecule has 0 radical (unpaired) electrons. The Morgan fingerprint density at radius 2 is 1.67 bits per heavy atom. The Labute approximate surface area is 124 Å². The van der Waals surface area contributed by atoms with Gasteiger partial charge < -0.3 is 10.6 Å². The number of carbonyl (C=O) groups excluding carboxylic acids is 2. The van der Waals surface area contributed by atoms with E-state index in [0.29, 0.717) is 6.54 Å². The van der Waals surface area contributed by atoms with E-state index in [1.165, 1.54) is 11.1 Å². The van der Waals surface area contributed by atoms with Crippen LogP contribution in [-0.2, 0) is 22.7 Å². The number of piperidine rings is 1. The zero-order chi connectivity index (χ0) is 14.8. The highest BCUT2D eigenvalue weighted by Gasteiger charge is 2.31. The van der Waals surface area contributed by atoms with Crippen LogP contribution in [0.2, 0.25) is 0 Å². The molecule has 1 fully saturated rings. The average molecular weight is 287 g/mol. The molecule has 0 aromatic heterocycles. The van der Waals surface area contributed by atoms with Crippen LogP contribution in [0.4, 0.5) is 0 Å². The molecule has 2 amide bonds.